The molecule has 0 heterocycles. The molecule has 0 aromatic rings. The third kappa shape index (κ3) is 5.39. The zero-order chi connectivity index (χ0) is 29.8. The lowest BCUT2D eigenvalue weighted by Crippen LogP contribution is -2.62. The molecule has 0 spiro atoms. The maximum atomic E-state index is 11.0. The highest BCUT2D eigenvalue weighted by Gasteiger charge is 2.62. The molecule has 0 amide bonds. The molecular formula is C36H65NO3. The second kappa shape index (κ2) is 11.9. The van der Waals surface area contributed by atoms with Gasteiger partial charge in [-0.2, -0.15) is 0 Å². The number of rotatable bonds is 10. The molecule has 12 atom stereocenters. The van der Waals surface area contributed by atoms with Gasteiger partial charge in [0.25, 0.3) is 0 Å². The van der Waals surface area contributed by atoms with Gasteiger partial charge in [0.15, 0.2) is 0 Å². The summed E-state index contributed by atoms with van der Waals surface area (Å²) in [5.41, 5.74) is 9.85. The maximum absolute atomic E-state index is 11.0. The number of aliphatic hydroxyl groups excluding tert-OH is 3. The number of nitrogens with two attached hydrogens (primary N) is 1. The van der Waals surface area contributed by atoms with Gasteiger partial charge in [0.05, 0.1) is 18.3 Å². The van der Waals surface area contributed by atoms with Crippen molar-refractivity contribution in [1.29, 1.82) is 0 Å². The topological polar surface area (TPSA) is 86.7 Å². The lowest BCUT2D eigenvalue weighted by molar-refractivity contribution is -0.0667. The second-order valence-electron chi connectivity index (χ2n) is 16.4. The Labute approximate surface area is 247 Å². The van der Waals surface area contributed by atoms with Crippen LogP contribution in [0.2, 0.25) is 0 Å². The van der Waals surface area contributed by atoms with E-state index >= 15 is 0 Å². The summed E-state index contributed by atoms with van der Waals surface area (Å²) in [6.45, 7) is 20.2. The highest BCUT2D eigenvalue weighted by atomic mass is 16.3. The van der Waals surface area contributed by atoms with Crippen molar-refractivity contribution in [3.05, 3.63) is 11.1 Å². The normalized spacial score (nSPS) is 41.4. The van der Waals surface area contributed by atoms with Gasteiger partial charge in [0.2, 0.25) is 0 Å². The smallest absolute Gasteiger partial charge is 0.0578 e. The third-order valence-electron chi connectivity index (χ3n) is 13.9. The van der Waals surface area contributed by atoms with Gasteiger partial charge in [-0.1, -0.05) is 73.3 Å². The van der Waals surface area contributed by atoms with Crippen LogP contribution in [0, 0.1) is 58.2 Å². The van der Waals surface area contributed by atoms with E-state index in [1.165, 1.54) is 56.1 Å². The van der Waals surface area contributed by atoms with E-state index in [0.717, 1.165) is 37.0 Å². The quantitative estimate of drug-likeness (QED) is 0.209. The lowest BCUT2D eigenvalue weighted by atomic mass is 9.44. The molecular weight excluding hydrogens is 494 g/mol. The van der Waals surface area contributed by atoms with E-state index in [4.69, 9.17) is 5.73 Å². The first-order valence-corrected chi connectivity index (χ1v) is 17.1. The molecule has 0 aromatic carbocycles. The van der Waals surface area contributed by atoms with Crippen LogP contribution in [0.3, 0.4) is 0 Å². The summed E-state index contributed by atoms with van der Waals surface area (Å²) in [7, 11) is 0. The SMILES string of the molecule is CC(C)CCC[C@@H](C)[C@H]1CC[C@H]2[C@@H]3CC(C(N)(C(C)C(C)O)C(C)C(C)O)=C4C[C@@H](O)CC[C@]4(C)[C@H]3CC[C@]12C. The first-order valence-electron chi connectivity index (χ1n) is 17.1. The van der Waals surface area contributed by atoms with Gasteiger partial charge in [-0.05, 0) is 117 Å². The van der Waals surface area contributed by atoms with Gasteiger partial charge in [-0.15, -0.1) is 0 Å². The fourth-order valence-electron chi connectivity index (χ4n) is 11.0. The molecule has 40 heavy (non-hydrogen) atoms. The van der Waals surface area contributed by atoms with Crippen molar-refractivity contribution < 1.29 is 15.3 Å². The predicted molar refractivity (Wildman–Crippen MR) is 167 cm³/mol. The van der Waals surface area contributed by atoms with Crippen molar-refractivity contribution in [2.45, 2.75) is 157 Å². The van der Waals surface area contributed by atoms with Crippen LogP contribution in [0.25, 0.3) is 0 Å². The van der Waals surface area contributed by atoms with Crippen molar-refractivity contribution in [2.24, 2.45) is 63.9 Å². The summed E-state index contributed by atoms with van der Waals surface area (Å²) in [6.07, 6.45) is 11.4. The zero-order valence-corrected chi connectivity index (χ0v) is 27.5. The minimum Gasteiger partial charge on any atom is -0.393 e. The molecule has 0 radical (unpaired) electrons. The molecule has 3 fully saturated rings. The van der Waals surface area contributed by atoms with Crippen LogP contribution in [0.5, 0.6) is 0 Å². The van der Waals surface area contributed by atoms with E-state index in [2.05, 4.69) is 48.5 Å². The fourth-order valence-corrected chi connectivity index (χ4v) is 11.0. The number of hydrogen-bond donors (Lipinski definition) is 4. The molecule has 0 aromatic heterocycles. The Balaban J connectivity index is 1.75. The minimum atomic E-state index is -0.809. The van der Waals surface area contributed by atoms with Crippen molar-refractivity contribution >= 4 is 0 Å². The average molecular weight is 560 g/mol. The maximum Gasteiger partial charge on any atom is 0.0578 e. The molecule has 4 aliphatic rings. The van der Waals surface area contributed by atoms with Gasteiger partial charge < -0.3 is 21.1 Å². The van der Waals surface area contributed by atoms with Crippen LogP contribution in [0.15, 0.2) is 11.1 Å². The fraction of sp³-hybridized carbons (Fsp3) is 0.944. The Morgan fingerprint density at radius 1 is 0.825 bits per heavy atom. The molecule has 4 rings (SSSR count). The highest BCUT2D eigenvalue weighted by Crippen LogP contribution is 2.69. The van der Waals surface area contributed by atoms with Gasteiger partial charge in [0.1, 0.15) is 0 Å². The third-order valence-corrected chi connectivity index (χ3v) is 13.9. The largest absolute Gasteiger partial charge is 0.393 e. The molecule has 4 aliphatic carbocycles. The monoisotopic (exact) mass is 559 g/mol. The van der Waals surface area contributed by atoms with E-state index in [1.807, 2.05) is 13.8 Å². The molecule has 4 heteroatoms. The summed E-state index contributed by atoms with van der Waals surface area (Å²) in [4.78, 5) is 0. The van der Waals surface area contributed by atoms with Crippen molar-refractivity contribution in [3.63, 3.8) is 0 Å². The van der Waals surface area contributed by atoms with E-state index in [1.54, 1.807) is 0 Å². The summed E-state index contributed by atoms with van der Waals surface area (Å²) >= 11 is 0. The second-order valence-corrected chi connectivity index (χ2v) is 16.4. The first kappa shape index (κ1) is 32.5. The van der Waals surface area contributed by atoms with E-state index in [-0.39, 0.29) is 23.4 Å². The average Bonchev–Trinajstić information content (AvgIpc) is 3.24. The molecule has 4 nitrogen and oxygen atoms in total. The first-order chi connectivity index (χ1) is 18.6. The van der Waals surface area contributed by atoms with Crippen molar-refractivity contribution in [2.75, 3.05) is 0 Å². The van der Waals surface area contributed by atoms with Crippen LogP contribution in [0.1, 0.15) is 133 Å². The standard InChI is InChI=1S/C36H65NO3/c1-21(2)11-10-12-22(3)29-13-14-30-28-20-33(36(37,23(4)25(6)38)24(5)26(7)39)32-19-27(40)15-17-35(32,9)31(28)16-18-34(29,30)8/h21-31,38-40H,10-20,37H2,1-9H3/t22-,23?,24?,25?,26?,27+,28+,29-,30+,31+,34-,35-,36?/m1/s1. The summed E-state index contributed by atoms with van der Waals surface area (Å²) in [5.74, 6) is 3.93. The molecule has 5 N–H and O–H groups in total. The van der Waals surface area contributed by atoms with Crippen LogP contribution in [-0.2, 0) is 0 Å². The van der Waals surface area contributed by atoms with Crippen LogP contribution >= 0.6 is 0 Å². The van der Waals surface area contributed by atoms with Crippen LogP contribution < -0.4 is 5.73 Å². The van der Waals surface area contributed by atoms with Crippen molar-refractivity contribution in [3.8, 4) is 0 Å². The van der Waals surface area contributed by atoms with E-state index in [0.29, 0.717) is 29.6 Å². The van der Waals surface area contributed by atoms with Gasteiger partial charge >= 0.3 is 0 Å². The Morgan fingerprint density at radius 3 is 2.02 bits per heavy atom. The highest BCUT2D eigenvalue weighted by molar-refractivity contribution is 5.39. The summed E-state index contributed by atoms with van der Waals surface area (Å²) in [5, 5.41) is 32.8. The number of aliphatic hydroxyl groups is 3. The van der Waals surface area contributed by atoms with E-state index in [9.17, 15) is 15.3 Å². The Hall–Kier alpha value is -0.420. The Bertz CT molecular complexity index is 896. The van der Waals surface area contributed by atoms with Gasteiger partial charge in [-0.3, -0.25) is 0 Å². The van der Waals surface area contributed by atoms with Crippen LogP contribution in [0.4, 0.5) is 0 Å². The van der Waals surface area contributed by atoms with E-state index < -0.39 is 17.7 Å². The summed E-state index contributed by atoms with van der Waals surface area (Å²) < 4.78 is 0. The number of fused-ring (bicyclic) bond motifs is 5. The minimum absolute atomic E-state index is 0.0429. The molecule has 0 bridgehead atoms. The van der Waals surface area contributed by atoms with Crippen LogP contribution in [-0.4, -0.2) is 39.2 Å². The number of hydrogen-bond acceptors (Lipinski definition) is 4. The Kier molecular flexibility index (Phi) is 9.69. The molecule has 0 aliphatic heterocycles. The Morgan fingerprint density at radius 2 is 1.45 bits per heavy atom. The van der Waals surface area contributed by atoms with Gasteiger partial charge in [-0.25, -0.2) is 0 Å². The molecule has 4 unspecified atom stereocenters. The predicted octanol–water partition coefficient (Wildman–Crippen LogP) is 7.49. The molecule has 0 saturated heterocycles. The summed E-state index contributed by atoms with van der Waals surface area (Å²) in [6, 6.07) is 0. The zero-order valence-electron chi connectivity index (χ0n) is 27.5. The molecule has 3 saturated carbocycles. The van der Waals surface area contributed by atoms with Gasteiger partial charge in [0, 0.05) is 17.4 Å². The van der Waals surface area contributed by atoms with Crippen molar-refractivity contribution in [1.82, 2.24) is 0 Å². The lowest BCUT2D eigenvalue weighted by Gasteiger charge is -2.62. The molecule has 232 valence electrons.